The van der Waals surface area contributed by atoms with Gasteiger partial charge in [0.15, 0.2) is 0 Å². The maximum Gasteiger partial charge on any atom is 0.323 e. The van der Waals surface area contributed by atoms with Crippen LogP contribution in [0.25, 0.3) is 0 Å². The van der Waals surface area contributed by atoms with Crippen LogP contribution in [0.2, 0.25) is 0 Å². The van der Waals surface area contributed by atoms with Crippen molar-refractivity contribution >= 4 is 23.2 Å². The zero-order chi connectivity index (χ0) is 15.1. The summed E-state index contributed by atoms with van der Waals surface area (Å²) in [6, 6.07) is 11.6. The standard InChI is InChI=1S/C16H17NO3S/c18-15(10-14-7-9-21-12-14)17(11-16(19)20)8-6-13-4-2-1-3-5-13/h1-5,7,9,12H,6,8,10-11H2,(H,19,20). The highest BCUT2D eigenvalue weighted by atomic mass is 32.1. The quantitative estimate of drug-likeness (QED) is 0.854. The molecule has 0 spiro atoms. The number of amides is 1. The van der Waals surface area contributed by atoms with E-state index in [1.54, 1.807) is 0 Å². The predicted octanol–water partition coefficient (Wildman–Crippen LogP) is 2.45. The molecule has 0 aliphatic heterocycles. The van der Waals surface area contributed by atoms with Crippen molar-refractivity contribution in [3.05, 3.63) is 58.3 Å². The van der Waals surface area contributed by atoms with E-state index in [9.17, 15) is 9.59 Å². The van der Waals surface area contributed by atoms with E-state index in [-0.39, 0.29) is 18.9 Å². The third-order valence-corrected chi connectivity index (χ3v) is 3.86. The van der Waals surface area contributed by atoms with Gasteiger partial charge in [-0.05, 0) is 34.4 Å². The van der Waals surface area contributed by atoms with Crippen LogP contribution >= 0.6 is 11.3 Å². The number of thiophene rings is 1. The summed E-state index contributed by atoms with van der Waals surface area (Å²) in [4.78, 5) is 24.6. The number of carboxylic acid groups (broad SMARTS) is 1. The number of carbonyl (C=O) groups is 2. The summed E-state index contributed by atoms with van der Waals surface area (Å²) >= 11 is 1.53. The summed E-state index contributed by atoms with van der Waals surface area (Å²) in [5, 5.41) is 12.8. The SMILES string of the molecule is O=C(O)CN(CCc1ccccc1)C(=O)Cc1ccsc1. The highest BCUT2D eigenvalue weighted by Crippen LogP contribution is 2.09. The van der Waals surface area contributed by atoms with Gasteiger partial charge in [0.25, 0.3) is 0 Å². The minimum atomic E-state index is -0.985. The number of hydrogen-bond acceptors (Lipinski definition) is 3. The highest BCUT2D eigenvalue weighted by molar-refractivity contribution is 7.07. The molecule has 0 saturated heterocycles. The Morgan fingerprint density at radius 2 is 1.86 bits per heavy atom. The van der Waals surface area contributed by atoms with Crippen molar-refractivity contribution < 1.29 is 14.7 Å². The van der Waals surface area contributed by atoms with Crippen LogP contribution in [-0.4, -0.2) is 35.0 Å². The molecule has 4 nitrogen and oxygen atoms in total. The minimum Gasteiger partial charge on any atom is -0.480 e. The smallest absolute Gasteiger partial charge is 0.323 e. The third-order valence-electron chi connectivity index (χ3n) is 3.13. The molecule has 1 amide bonds. The molecule has 0 aliphatic rings. The van der Waals surface area contributed by atoms with E-state index >= 15 is 0 Å². The Hall–Kier alpha value is -2.14. The molecule has 0 aliphatic carbocycles. The summed E-state index contributed by atoms with van der Waals surface area (Å²) in [6.45, 7) is 0.162. The van der Waals surface area contributed by atoms with Gasteiger partial charge in [-0.2, -0.15) is 11.3 Å². The van der Waals surface area contributed by atoms with Gasteiger partial charge in [-0.1, -0.05) is 30.3 Å². The molecular weight excluding hydrogens is 286 g/mol. The van der Waals surface area contributed by atoms with Crippen molar-refractivity contribution in [3.63, 3.8) is 0 Å². The van der Waals surface area contributed by atoms with Crippen molar-refractivity contribution in [1.29, 1.82) is 0 Å². The van der Waals surface area contributed by atoms with Crippen molar-refractivity contribution in [3.8, 4) is 0 Å². The second-order valence-electron chi connectivity index (χ2n) is 4.75. The third kappa shape index (κ3) is 5.04. The van der Waals surface area contributed by atoms with Crippen LogP contribution in [0.5, 0.6) is 0 Å². The largest absolute Gasteiger partial charge is 0.480 e. The number of nitrogens with zero attached hydrogens (tertiary/aromatic N) is 1. The van der Waals surface area contributed by atoms with Crippen LogP contribution in [-0.2, 0) is 22.4 Å². The van der Waals surface area contributed by atoms with Gasteiger partial charge >= 0.3 is 5.97 Å². The second-order valence-corrected chi connectivity index (χ2v) is 5.53. The molecule has 0 bridgehead atoms. The molecule has 1 aromatic carbocycles. The maximum atomic E-state index is 12.2. The molecule has 0 saturated carbocycles. The van der Waals surface area contributed by atoms with E-state index in [1.165, 1.54) is 16.2 Å². The summed E-state index contributed by atoms with van der Waals surface area (Å²) in [7, 11) is 0. The van der Waals surface area contributed by atoms with Crippen molar-refractivity contribution in [2.24, 2.45) is 0 Å². The maximum absolute atomic E-state index is 12.2. The first-order valence-electron chi connectivity index (χ1n) is 6.69. The highest BCUT2D eigenvalue weighted by Gasteiger charge is 2.17. The first-order chi connectivity index (χ1) is 10.1. The van der Waals surface area contributed by atoms with Crippen LogP contribution in [0.1, 0.15) is 11.1 Å². The Bertz CT molecular complexity index is 581. The normalized spacial score (nSPS) is 10.3. The Labute approximate surface area is 127 Å². The van der Waals surface area contributed by atoms with Gasteiger partial charge in [0.2, 0.25) is 5.91 Å². The average Bonchev–Trinajstić information content (AvgIpc) is 2.97. The molecule has 0 atom stereocenters. The fourth-order valence-electron chi connectivity index (χ4n) is 2.04. The molecule has 110 valence electrons. The Kier molecular flexibility index (Phi) is 5.51. The fraction of sp³-hybridized carbons (Fsp3) is 0.250. The summed E-state index contributed by atoms with van der Waals surface area (Å²) in [5.74, 6) is -1.13. The lowest BCUT2D eigenvalue weighted by Crippen LogP contribution is -2.38. The van der Waals surface area contributed by atoms with Gasteiger partial charge in [-0.3, -0.25) is 9.59 Å². The summed E-state index contributed by atoms with van der Waals surface area (Å²) in [5.41, 5.74) is 2.02. The van der Waals surface area contributed by atoms with Crippen molar-refractivity contribution in [2.75, 3.05) is 13.1 Å². The topological polar surface area (TPSA) is 57.6 Å². The number of carbonyl (C=O) groups excluding carboxylic acids is 1. The van der Waals surface area contributed by atoms with Gasteiger partial charge in [-0.25, -0.2) is 0 Å². The van der Waals surface area contributed by atoms with Crippen LogP contribution in [0.15, 0.2) is 47.2 Å². The van der Waals surface area contributed by atoms with E-state index in [0.717, 1.165) is 11.1 Å². The number of aliphatic carboxylic acids is 1. The summed E-state index contributed by atoms with van der Waals surface area (Å²) in [6.07, 6.45) is 0.912. The van der Waals surface area contributed by atoms with Crippen LogP contribution in [0, 0.1) is 0 Å². The molecule has 1 aromatic heterocycles. The van der Waals surface area contributed by atoms with Gasteiger partial charge in [0.05, 0.1) is 6.42 Å². The number of hydrogen-bond donors (Lipinski definition) is 1. The lowest BCUT2D eigenvalue weighted by Gasteiger charge is -2.20. The molecule has 5 heteroatoms. The fourth-order valence-corrected chi connectivity index (χ4v) is 2.71. The zero-order valence-corrected chi connectivity index (χ0v) is 12.4. The Balaban J connectivity index is 1.96. The first kappa shape index (κ1) is 15.3. The Morgan fingerprint density at radius 3 is 2.48 bits per heavy atom. The van der Waals surface area contributed by atoms with Gasteiger partial charge in [0.1, 0.15) is 6.54 Å². The molecule has 1 N–H and O–H groups in total. The number of rotatable bonds is 7. The molecule has 0 unspecified atom stereocenters. The van der Waals surface area contributed by atoms with Crippen LogP contribution < -0.4 is 0 Å². The molecule has 2 rings (SSSR count). The molecule has 0 fully saturated rings. The summed E-state index contributed by atoms with van der Waals surface area (Å²) < 4.78 is 0. The van der Waals surface area contributed by atoms with E-state index in [2.05, 4.69) is 0 Å². The molecule has 0 radical (unpaired) electrons. The van der Waals surface area contributed by atoms with E-state index in [0.29, 0.717) is 13.0 Å². The van der Waals surface area contributed by atoms with Crippen LogP contribution in [0.3, 0.4) is 0 Å². The molecular formula is C16H17NO3S. The van der Waals surface area contributed by atoms with Crippen LogP contribution in [0.4, 0.5) is 0 Å². The number of carboxylic acids is 1. The number of benzene rings is 1. The van der Waals surface area contributed by atoms with Gasteiger partial charge in [0, 0.05) is 6.54 Å². The van der Waals surface area contributed by atoms with Gasteiger partial charge in [-0.15, -0.1) is 0 Å². The molecule has 1 heterocycles. The average molecular weight is 303 g/mol. The van der Waals surface area contributed by atoms with Crippen molar-refractivity contribution in [2.45, 2.75) is 12.8 Å². The zero-order valence-electron chi connectivity index (χ0n) is 11.6. The minimum absolute atomic E-state index is 0.147. The molecule has 2 aromatic rings. The second kappa shape index (κ2) is 7.59. The predicted molar refractivity (Wildman–Crippen MR) is 82.4 cm³/mol. The molecule has 21 heavy (non-hydrogen) atoms. The lowest BCUT2D eigenvalue weighted by molar-refractivity contribution is -0.144. The van der Waals surface area contributed by atoms with Crippen molar-refractivity contribution in [1.82, 2.24) is 4.90 Å². The monoisotopic (exact) mass is 303 g/mol. The first-order valence-corrected chi connectivity index (χ1v) is 7.64. The lowest BCUT2D eigenvalue weighted by atomic mass is 10.1. The van der Waals surface area contributed by atoms with E-state index in [4.69, 9.17) is 5.11 Å². The van der Waals surface area contributed by atoms with E-state index in [1.807, 2.05) is 47.2 Å². The van der Waals surface area contributed by atoms with E-state index < -0.39 is 5.97 Å². The van der Waals surface area contributed by atoms with Gasteiger partial charge < -0.3 is 10.0 Å². The Morgan fingerprint density at radius 1 is 1.10 bits per heavy atom.